The second-order valence-electron chi connectivity index (χ2n) is 5.09. The third-order valence-corrected chi connectivity index (χ3v) is 3.67. The summed E-state index contributed by atoms with van der Waals surface area (Å²) in [7, 11) is 0. The lowest BCUT2D eigenvalue weighted by Crippen LogP contribution is -2.21. The Morgan fingerprint density at radius 2 is 1.90 bits per heavy atom. The average molecular weight is 269 g/mol. The standard InChI is InChI=1S/C16H15NO3/c17-15(18)9-20-16(19)14-8-13(14)12-7-3-5-10-4-1-2-6-11(10)12/h1-7,13-14H,8-9H2,(H2,17,18)/t13-,14-/m0/s1. The largest absolute Gasteiger partial charge is 0.455 e. The van der Waals surface area contributed by atoms with Crippen molar-refractivity contribution in [1.82, 2.24) is 0 Å². The molecular formula is C16H15NO3. The second-order valence-corrected chi connectivity index (χ2v) is 5.09. The van der Waals surface area contributed by atoms with Gasteiger partial charge in [0.05, 0.1) is 5.92 Å². The van der Waals surface area contributed by atoms with Crippen LogP contribution >= 0.6 is 0 Å². The lowest BCUT2D eigenvalue weighted by atomic mass is 10.0. The maximum absolute atomic E-state index is 11.8. The number of carbonyl (C=O) groups excluding carboxylic acids is 2. The highest BCUT2D eigenvalue weighted by molar-refractivity contribution is 5.89. The molecule has 0 radical (unpaired) electrons. The topological polar surface area (TPSA) is 69.4 Å². The lowest BCUT2D eigenvalue weighted by molar-refractivity contribution is -0.149. The molecule has 1 aliphatic rings. The van der Waals surface area contributed by atoms with Gasteiger partial charge in [-0.3, -0.25) is 9.59 Å². The Morgan fingerprint density at radius 3 is 2.70 bits per heavy atom. The van der Waals surface area contributed by atoms with E-state index < -0.39 is 5.91 Å². The molecule has 1 fully saturated rings. The summed E-state index contributed by atoms with van der Waals surface area (Å²) >= 11 is 0. The maximum Gasteiger partial charge on any atom is 0.310 e. The van der Waals surface area contributed by atoms with Crippen LogP contribution in [-0.4, -0.2) is 18.5 Å². The van der Waals surface area contributed by atoms with Crippen molar-refractivity contribution in [3.05, 3.63) is 48.0 Å². The molecule has 0 bridgehead atoms. The van der Waals surface area contributed by atoms with Crippen LogP contribution in [0.2, 0.25) is 0 Å². The molecule has 3 rings (SSSR count). The molecule has 0 aromatic heterocycles. The fourth-order valence-electron chi connectivity index (χ4n) is 2.62. The molecular weight excluding hydrogens is 254 g/mol. The zero-order valence-corrected chi connectivity index (χ0v) is 10.9. The fraction of sp³-hybridized carbons (Fsp3) is 0.250. The van der Waals surface area contributed by atoms with Gasteiger partial charge in [-0.05, 0) is 28.7 Å². The number of benzene rings is 2. The molecule has 1 saturated carbocycles. The Kier molecular flexibility index (Phi) is 3.14. The molecule has 4 nitrogen and oxygen atoms in total. The monoisotopic (exact) mass is 269 g/mol. The van der Waals surface area contributed by atoms with Crippen LogP contribution in [0.15, 0.2) is 42.5 Å². The van der Waals surface area contributed by atoms with Crippen LogP contribution in [-0.2, 0) is 14.3 Å². The number of amides is 1. The average Bonchev–Trinajstić information content (AvgIpc) is 3.24. The number of ether oxygens (including phenoxy) is 1. The first kappa shape index (κ1) is 12.7. The van der Waals surface area contributed by atoms with Gasteiger partial charge in [-0.2, -0.15) is 0 Å². The molecule has 2 atom stereocenters. The zero-order valence-electron chi connectivity index (χ0n) is 10.9. The minimum Gasteiger partial charge on any atom is -0.455 e. The lowest BCUT2D eigenvalue weighted by Gasteiger charge is -2.06. The van der Waals surface area contributed by atoms with E-state index >= 15 is 0 Å². The highest BCUT2D eigenvalue weighted by Gasteiger charge is 2.45. The van der Waals surface area contributed by atoms with Gasteiger partial charge in [-0.1, -0.05) is 42.5 Å². The molecule has 0 saturated heterocycles. The number of primary amides is 1. The van der Waals surface area contributed by atoms with Gasteiger partial charge in [0.2, 0.25) is 0 Å². The second kappa shape index (κ2) is 4.96. The number of carbonyl (C=O) groups is 2. The van der Waals surface area contributed by atoms with Gasteiger partial charge in [0.15, 0.2) is 6.61 Å². The Bertz CT molecular complexity index is 675. The van der Waals surface area contributed by atoms with Gasteiger partial charge in [0.25, 0.3) is 5.91 Å². The predicted molar refractivity (Wildman–Crippen MR) is 74.9 cm³/mol. The van der Waals surface area contributed by atoms with Crippen molar-refractivity contribution >= 4 is 22.6 Å². The zero-order chi connectivity index (χ0) is 14.1. The highest BCUT2D eigenvalue weighted by Crippen LogP contribution is 2.50. The van der Waals surface area contributed by atoms with Gasteiger partial charge in [0, 0.05) is 0 Å². The van der Waals surface area contributed by atoms with Crippen LogP contribution in [0.25, 0.3) is 10.8 Å². The quantitative estimate of drug-likeness (QED) is 0.863. The van der Waals surface area contributed by atoms with Gasteiger partial charge in [0.1, 0.15) is 0 Å². The van der Waals surface area contributed by atoms with Crippen molar-refractivity contribution in [3.8, 4) is 0 Å². The first-order valence-corrected chi connectivity index (χ1v) is 6.59. The summed E-state index contributed by atoms with van der Waals surface area (Å²) < 4.78 is 4.88. The van der Waals surface area contributed by atoms with Crippen molar-refractivity contribution in [2.24, 2.45) is 11.7 Å². The molecule has 0 unspecified atom stereocenters. The van der Waals surface area contributed by atoms with E-state index in [1.807, 2.05) is 24.3 Å². The van der Waals surface area contributed by atoms with E-state index in [2.05, 4.69) is 18.2 Å². The van der Waals surface area contributed by atoms with Crippen LogP contribution in [0.1, 0.15) is 17.9 Å². The van der Waals surface area contributed by atoms with Gasteiger partial charge < -0.3 is 10.5 Å². The maximum atomic E-state index is 11.8. The smallest absolute Gasteiger partial charge is 0.310 e. The van der Waals surface area contributed by atoms with E-state index in [1.54, 1.807) is 0 Å². The summed E-state index contributed by atoms with van der Waals surface area (Å²) in [5.41, 5.74) is 6.14. The summed E-state index contributed by atoms with van der Waals surface area (Å²) in [6.07, 6.45) is 0.769. The van der Waals surface area contributed by atoms with E-state index in [4.69, 9.17) is 10.5 Å². The minimum atomic E-state index is -0.624. The third kappa shape index (κ3) is 2.37. The Labute approximate surface area is 116 Å². The van der Waals surface area contributed by atoms with Crippen molar-refractivity contribution < 1.29 is 14.3 Å². The Morgan fingerprint density at radius 1 is 1.15 bits per heavy atom. The number of fused-ring (bicyclic) bond motifs is 1. The van der Waals surface area contributed by atoms with Crippen LogP contribution in [0.3, 0.4) is 0 Å². The molecule has 1 aliphatic carbocycles. The molecule has 0 aliphatic heterocycles. The summed E-state index contributed by atoms with van der Waals surface area (Å²) in [5.74, 6) is -0.927. The molecule has 0 heterocycles. The van der Waals surface area contributed by atoms with E-state index in [0.29, 0.717) is 0 Å². The van der Waals surface area contributed by atoms with Gasteiger partial charge >= 0.3 is 5.97 Å². The Balaban J connectivity index is 1.78. The summed E-state index contributed by atoms with van der Waals surface area (Å²) in [5, 5.41) is 2.34. The number of hydrogen-bond acceptors (Lipinski definition) is 3. The molecule has 2 N–H and O–H groups in total. The Hall–Kier alpha value is -2.36. The van der Waals surface area contributed by atoms with E-state index in [0.717, 1.165) is 6.42 Å². The first-order chi connectivity index (χ1) is 9.66. The number of nitrogens with two attached hydrogens (primary N) is 1. The molecule has 2 aromatic carbocycles. The summed E-state index contributed by atoms with van der Waals surface area (Å²) in [4.78, 5) is 22.4. The third-order valence-electron chi connectivity index (χ3n) is 3.67. The van der Waals surface area contributed by atoms with Crippen molar-refractivity contribution in [2.45, 2.75) is 12.3 Å². The van der Waals surface area contributed by atoms with Crippen molar-refractivity contribution in [1.29, 1.82) is 0 Å². The van der Waals surface area contributed by atoms with Gasteiger partial charge in [-0.25, -0.2) is 0 Å². The molecule has 4 heteroatoms. The number of esters is 1. The predicted octanol–water partition coefficient (Wildman–Crippen LogP) is 1.97. The van der Waals surface area contributed by atoms with E-state index in [1.165, 1.54) is 16.3 Å². The summed E-state index contributed by atoms with van der Waals surface area (Å²) in [6, 6.07) is 14.2. The minimum absolute atomic E-state index is 0.153. The first-order valence-electron chi connectivity index (χ1n) is 6.59. The summed E-state index contributed by atoms with van der Waals surface area (Å²) in [6.45, 7) is -0.336. The molecule has 1 amide bonds. The normalized spacial score (nSPS) is 20.6. The molecule has 2 aromatic rings. The molecule has 0 spiro atoms. The van der Waals surface area contributed by atoms with Crippen molar-refractivity contribution in [3.63, 3.8) is 0 Å². The van der Waals surface area contributed by atoms with E-state index in [9.17, 15) is 9.59 Å². The van der Waals surface area contributed by atoms with Crippen LogP contribution in [0.5, 0.6) is 0 Å². The molecule has 20 heavy (non-hydrogen) atoms. The SMILES string of the molecule is NC(=O)COC(=O)[C@H]1C[C@H]1c1cccc2ccccc12. The van der Waals surface area contributed by atoms with Gasteiger partial charge in [-0.15, -0.1) is 0 Å². The number of hydrogen-bond donors (Lipinski definition) is 1. The van der Waals surface area contributed by atoms with Crippen molar-refractivity contribution in [2.75, 3.05) is 6.61 Å². The van der Waals surface area contributed by atoms with Crippen LogP contribution in [0.4, 0.5) is 0 Å². The van der Waals surface area contributed by atoms with Crippen LogP contribution in [0, 0.1) is 5.92 Å². The molecule has 102 valence electrons. The highest BCUT2D eigenvalue weighted by atomic mass is 16.5. The number of rotatable bonds is 4. The van der Waals surface area contributed by atoms with Crippen LogP contribution < -0.4 is 5.73 Å². The van der Waals surface area contributed by atoms with E-state index in [-0.39, 0.29) is 24.4 Å². The fourth-order valence-corrected chi connectivity index (χ4v) is 2.62.